The quantitative estimate of drug-likeness (QED) is 0.482. The van der Waals surface area contributed by atoms with E-state index in [1.807, 2.05) is 0 Å². The Labute approximate surface area is 108 Å². The molecule has 1 N–H and O–H groups in total. The Morgan fingerprint density at radius 2 is 2.16 bits per heavy atom. The van der Waals surface area contributed by atoms with Gasteiger partial charge in [0.1, 0.15) is 5.69 Å². The molecule has 1 aromatic heterocycles. The van der Waals surface area contributed by atoms with Crippen LogP contribution in [0.4, 0.5) is 5.69 Å². The minimum atomic E-state index is -1.31. The number of aromatic carboxylic acids is 1. The summed E-state index contributed by atoms with van der Waals surface area (Å²) < 4.78 is 4.68. The Kier molecular flexibility index (Phi) is 4.51. The largest absolute Gasteiger partial charge is 0.478 e. The molecule has 0 atom stereocenters. The molecule has 1 rings (SSSR count). The second-order valence-corrected chi connectivity index (χ2v) is 3.63. The van der Waals surface area contributed by atoms with E-state index in [4.69, 9.17) is 5.11 Å². The number of pyridine rings is 1. The third-order valence-electron chi connectivity index (χ3n) is 2.31. The molecule has 0 unspecified atom stereocenters. The van der Waals surface area contributed by atoms with Crippen molar-refractivity contribution < 1.29 is 24.4 Å². The Morgan fingerprint density at radius 3 is 2.63 bits per heavy atom. The summed E-state index contributed by atoms with van der Waals surface area (Å²) in [6.45, 7) is 3.17. The lowest BCUT2D eigenvalue weighted by Crippen LogP contribution is -2.13. The molecular weight excluding hydrogens is 256 g/mol. The summed E-state index contributed by atoms with van der Waals surface area (Å²) in [4.78, 5) is 36.1. The molecule has 8 nitrogen and oxygen atoms in total. The molecule has 8 heteroatoms. The summed E-state index contributed by atoms with van der Waals surface area (Å²) >= 11 is 0. The highest BCUT2D eigenvalue weighted by Gasteiger charge is 2.23. The molecule has 1 aromatic rings. The van der Waals surface area contributed by atoms with Crippen molar-refractivity contribution in [2.24, 2.45) is 0 Å². The molecule has 1 heterocycles. The van der Waals surface area contributed by atoms with E-state index in [0.29, 0.717) is 0 Å². The molecular formula is C11H12N2O6. The number of carbonyl (C=O) groups excluding carboxylic acids is 1. The van der Waals surface area contributed by atoms with E-state index >= 15 is 0 Å². The SMILES string of the molecule is CCOC(=O)Cc1nc(C)c(C(=O)O)cc1[N+](=O)[O-]. The molecule has 0 fully saturated rings. The van der Waals surface area contributed by atoms with Crippen LogP contribution in [0, 0.1) is 17.0 Å². The zero-order chi connectivity index (χ0) is 14.6. The van der Waals surface area contributed by atoms with Gasteiger partial charge in [0.15, 0.2) is 0 Å². The number of carboxylic acid groups (broad SMARTS) is 1. The average molecular weight is 268 g/mol. The minimum Gasteiger partial charge on any atom is -0.478 e. The van der Waals surface area contributed by atoms with Crippen LogP contribution in [0.1, 0.15) is 28.7 Å². The topological polar surface area (TPSA) is 120 Å². The summed E-state index contributed by atoms with van der Waals surface area (Å²) in [7, 11) is 0. The number of aromatic nitrogens is 1. The normalized spacial score (nSPS) is 10.0. The zero-order valence-corrected chi connectivity index (χ0v) is 10.4. The lowest BCUT2D eigenvalue weighted by molar-refractivity contribution is -0.385. The summed E-state index contributed by atoms with van der Waals surface area (Å²) in [5, 5.41) is 19.7. The Bertz CT molecular complexity index is 540. The molecule has 0 saturated heterocycles. The van der Waals surface area contributed by atoms with E-state index < -0.39 is 22.5 Å². The third-order valence-corrected chi connectivity index (χ3v) is 2.31. The highest BCUT2D eigenvalue weighted by atomic mass is 16.6. The smallest absolute Gasteiger partial charge is 0.337 e. The van der Waals surface area contributed by atoms with Gasteiger partial charge in [0.25, 0.3) is 5.69 Å². The first-order valence-corrected chi connectivity index (χ1v) is 5.40. The Hall–Kier alpha value is -2.51. The fraction of sp³-hybridized carbons (Fsp3) is 0.364. The van der Waals surface area contributed by atoms with E-state index in [2.05, 4.69) is 9.72 Å². The highest BCUT2D eigenvalue weighted by Crippen LogP contribution is 2.21. The molecule has 102 valence electrons. The van der Waals surface area contributed by atoms with Crippen LogP contribution in [0.25, 0.3) is 0 Å². The zero-order valence-electron chi connectivity index (χ0n) is 10.4. The van der Waals surface area contributed by atoms with E-state index in [-0.39, 0.29) is 30.0 Å². The molecule has 0 aliphatic heterocycles. The van der Waals surface area contributed by atoms with Crippen LogP contribution in [0.5, 0.6) is 0 Å². The number of ether oxygens (including phenoxy) is 1. The van der Waals surface area contributed by atoms with Crippen molar-refractivity contribution in [1.29, 1.82) is 0 Å². The molecule has 0 radical (unpaired) electrons. The highest BCUT2D eigenvalue weighted by molar-refractivity contribution is 5.90. The van der Waals surface area contributed by atoms with Crippen LogP contribution < -0.4 is 0 Å². The number of carboxylic acids is 1. The van der Waals surface area contributed by atoms with Gasteiger partial charge in [-0.2, -0.15) is 0 Å². The van der Waals surface area contributed by atoms with Gasteiger partial charge in [-0.3, -0.25) is 14.9 Å². The van der Waals surface area contributed by atoms with Crippen molar-refractivity contribution in [3.63, 3.8) is 0 Å². The van der Waals surface area contributed by atoms with Crippen molar-refractivity contribution in [2.75, 3.05) is 6.61 Å². The van der Waals surface area contributed by atoms with Gasteiger partial charge in [-0.05, 0) is 13.8 Å². The van der Waals surface area contributed by atoms with Crippen LogP contribution in [0.15, 0.2) is 6.07 Å². The molecule has 0 saturated carbocycles. The first kappa shape index (κ1) is 14.6. The van der Waals surface area contributed by atoms with Crippen LogP contribution >= 0.6 is 0 Å². The number of esters is 1. The van der Waals surface area contributed by atoms with Gasteiger partial charge >= 0.3 is 11.9 Å². The lowest BCUT2D eigenvalue weighted by atomic mass is 10.1. The summed E-state index contributed by atoms with van der Waals surface area (Å²) in [6.07, 6.45) is -0.370. The van der Waals surface area contributed by atoms with E-state index in [1.165, 1.54) is 6.92 Å². The van der Waals surface area contributed by atoms with Crippen molar-refractivity contribution in [3.8, 4) is 0 Å². The van der Waals surface area contributed by atoms with Gasteiger partial charge < -0.3 is 9.84 Å². The molecule has 19 heavy (non-hydrogen) atoms. The number of aryl methyl sites for hydroxylation is 1. The first-order valence-electron chi connectivity index (χ1n) is 5.40. The van der Waals surface area contributed by atoms with Gasteiger partial charge in [0.05, 0.1) is 29.2 Å². The molecule has 0 aromatic carbocycles. The molecule has 0 bridgehead atoms. The number of nitro groups is 1. The van der Waals surface area contributed by atoms with Crippen LogP contribution in [0.2, 0.25) is 0 Å². The number of hydrogen-bond donors (Lipinski definition) is 1. The van der Waals surface area contributed by atoms with E-state index in [9.17, 15) is 19.7 Å². The van der Waals surface area contributed by atoms with E-state index in [0.717, 1.165) is 6.07 Å². The standard InChI is InChI=1S/C11H12N2O6/c1-3-19-10(14)5-8-9(13(17)18)4-7(11(15)16)6(2)12-8/h4H,3,5H2,1-2H3,(H,15,16). The maximum absolute atomic E-state index is 11.3. The molecule has 0 aliphatic rings. The van der Waals surface area contributed by atoms with Crippen LogP contribution in [0.3, 0.4) is 0 Å². The Morgan fingerprint density at radius 1 is 1.53 bits per heavy atom. The summed E-state index contributed by atoms with van der Waals surface area (Å²) in [5.74, 6) is -1.96. The van der Waals surface area contributed by atoms with Crippen molar-refractivity contribution >= 4 is 17.6 Å². The van der Waals surface area contributed by atoms with Gasteiger partial charge in [0.2, 0.25) is 0 Å². The molecule has 0 amide bonds. The summed E-state index contributed by atoms with van der Waals surface area (Å²) in [6, 6.07) is 0.902. The van der Waals surface area contributed by atoms with E-state index in [1.54, 1.807) is 6.92 Å². The van der Waals surface area contributed by atoms with Crippen LogP contribution in [-0.2, 0) is 16.0 Å². The number of rotatable bonds is 5. The monoisotopic (exact) mass is 268 g/mol. The van der Waals surface area contributed by atoms with Gasteiger partial charge in [-0.25, -0.2) is 9.78 Å². The minimum absolute atomic E-state index is 0.106. The van der Waals surface area contributed by atoms with Gasteiger partial charge in [0, 0.05) is 6.07 Å². The summed E-state index contributed by atoms with van der Waals surface area (Å²) in [5.41, 5.74) is -0.765. The maximum atomic E-state index is 11.3. The second kappa shape index (κ2) is 5.89. The predicted molar refractivity (Wildman–Crippen MR) is 62.9 cm³/mol. The maximum Gasteiger partial charge on any atom is 0.337 e. The molecule has 0 aliphatic carbocycles. The van der Waals surface area contributed by atoms with Gasteiger partial charge in [-0.15, -0.1) is 0 Å². The molecule has 0 spiro atoms. The number of nitrogens with zero attached hydrogens (tertiary/aromatic N) is 2. The number of hydrogen-bond acceptors (Lipinski definition) is 6. The first-order chi connectivity index (χ1) is 8.86. The third kappa shape index (κ3) is 3.47. The Balaban J connectivity index is 3.23. The predicted octanol–water partition coefficient (Wildman–Crippen LogP) is 1.10. The number of carbonyl (C=O) groups is 2. The fourth-order valence-corrected chi connectivity index (χ4v) is 1.50. The van der Waals surface area contributed by atoms with Crippen molar-refractivity contribution in [3.05, 3.63) is 33.1 Å². The fourth-order valence-electron chi connectivity index (χ4n) is 1.50. The average Bonchev–Trinajstić information content (AvgIpc) is 2.28. The van der Waals surface area contributed by atoms with Gasteiger partial charge in [-0.1, -0.05) is 0 Å². The van der Waals surface area contributed by atoms with Crippen LogP contribution in [-0.4, -0.2) is 33.6 Å². The van der Waals surface area contributed by atoms with Crippen molar-refractivity contribution in [2.45, 2.75) is 20.3 Å². The van der Waals surface area contributed by atoms with Crippen molar-refractivity contribution in [1.82, 2.24) is 4.98 Å². The lowest BCUT2D eigenvalue weighted by Gasteiger charge is -2.06. The second-order valence-electron chi connectivity index (χ2n) is 3.63.